The second-order valence-corrected chi connectivity index (χ2v) is 7.23. The van der Waals surface area contributed by atoms with Crippen molar-refractivity contribution in [2.45, 2.75) is 5.60 Å². The standard InChI is InChI=1S/C23H16O9/c1-29-19-15(24)7-5-12-17(19)31-18-13(6-8-16(25)20(18)30-2)23(12)14-9-10(21(26)27)3-4-11(14)22(28)32-23/h3-9,24-25H,1-2H3,(H,26,27). The van der Waals surface area contributed by atoms with Gasteiger partial charge in [0.2, 0.25) is 11.5 Å². The normalized spacial score (nSPS) is 14.6. The zero-order chi connectivity index (χ0) is 22.8. The van der Waals surface area contributed by atoms with Crippen LogP contribution in [0.3, 0.4) is 0 Å². The maximum atomic E-state index is 12.9. The fraction of sp³-hybridized carbons (Fsp3) is 0.130. The van der Waals surface area contributed by atoms with E-state index >= 15 is 0 Å². The number of carboxylic acids is 1. The van der Waals surface area contributed by atoms with E-state index in [0.29, 0.717) is 11.1 Å². The molecule has 32 heavy (non-hydrogen) atoms. The lowest BCUT2D eigenvalue weighted by molar-refractivity contribution is 0.0220. The average molecular weight is 436 g/mol. The highest BCUT2D eigenvalue weighted by Crippen LogP contribution is 2.62. The summed E-state index contributed by atoms with van der Waals surface area (Å²) in [6.45, 7) is 0. The van der Waals surface area contributed by atoms with Crippen molar-refractivity contribution in [3.8, 4) is 34.5 Å². The number of fused-ring (bicyclic) bond motifs is 6. The Hall–Kier alpha value is -4.40. The molecule has 0 bridgehead atoms. The summed E-state index contributed by atoms with van der Waals surface area (Å²) in [4.78, 5) is 24.6. The molecular weight excluding hydrogens is 420 g/mol. The van der Waals surface area contributed by atoms with Gasteiger partial charge in [0, 0.05) is 5.56 Å². The van der Waals surface area contributed by atoms with Crippen molar-refractivity contribution < 1.29 is 43.9 Å². The summed E-state index contributed by atoms with van der Waals surface area (Å²) in [7, 11) is 2.66. The largest absolute Gasteiger partial charge is 0.504 e. The summed E-state index contributed by atoms with van der Waals surface area (Å²) in [5, 5.41) is 30.2. The van der Waals surface area contributed by atoms with Crippen LogP contribution in [-0.4, -0.2) is 41.5 Å². The van der Waals surface area contributed by atoms with Crippen LogP contribution < -0.4 is 14.2 Å². The lowest BCUT2D eigenvalue weighted by atomic mass is 9.77. The molecule has 0 amide bonds. The van der Waals surface area contributed by atoms with Crippen LogP contribution in [0.2, 0.25) is 0 Å². The van der Waals surface area contributed by atoms with E-state index in [0.717, 1.165) is 0 Å². The fourth-order valence-corrected chi connectivity index (χ4v) is 4.30. The Balaban J connectivity index is 1.95. The van der Waals surface area contributed by atoms with Gasteiger partial charge >= 0.3 is 11.9 Å². The molecule has 2 heterocycles. The number of esters is 1. The highest BCUT2D eigenvalue weighted by molar-refractivity contribution is 5.99. The Labute approximate surface area is 181 Å². The number of carbonyl (C=O) groups excluding carboxylic acids is 1. The molecule has 5 rings (SSSR count). The molecule has 1 spiro atoms. The number of carboxylic acid groups (broad SMARTS) is 1. The van der Waals surface area contributed by atoms with Gasteiger partial charge in [0.25, 0.3) is 0 Å². The van der Waals surface area contributed by atoms with Crippen LogP contribution in [0.15, 0.2) is 42.5 Å². The SMILES string of the molecule is COc1c(O)ccc2c1Oc1c(ccc(O)c1OC)C21OC(=O)c2ccc(C(=O)O)cc21. The summed E-state index contributed by atoms with van der Waals surface area (Å²) in [6, 6.07) is 9.80. The maximum absolute atomic E-state index is 12.9. The lowest BCUT2D eigenvalue weighted by Crippen LogP contribution is -2.33. The first kappa shape index (κ1) is 19.6. The smallest absolute Gasteiger partial charge is 0.340 e. The van der Waals surface area contributed by atoms with Gasteiger partial charge in [0.15, 0.2) is 28.6 Å². The van der Waals surface area contributed by atoms with E-state index in [1.165, 1.54) is 56.7 Å². The van der Waals surface area contributed by atoms with Gasteiger partial charge in [-0.3, -0.25) is 0 Å². The van der Waals surface area contributed by atoms with Gasteiger partial charge in [-0.1, -0.05) is 0 Å². The Morgan fingerprint density at radius 1 is 0.875 bits per heavy atom. The molecule has 0 aromatic heterocycles. The first-order valence-electron chi connectivity index (χ1n) is 9.43. The number of ether oxygens (including phenoxy) is 4. The van der Waals surface area contributed by atoms with Gasteiger partial charge in [-0.2, -0.15) is 0 Å². The number of hydrogen-bond donors (Lipinski definition) is 3. The molecular formula is C23H16O9. The summed E-state index contributed by atoms with van der Waals surface area (Å²) in [6.07, 6.45) is 0. The van der Waals surface area contributed by atoms with Crippen molar-refractivity contribution in [2.75, 3.05) is 14.2 Å². The highest BCUT2D eigenvalue weighted by Gasteiger charge is 2.55. The summed E-state index contributed by atoms with van der Waals surface area (Å²) < 4.78 is 22.6. The summed E-state index contributed by atoms with van der Waals surface area (Å²) >= 11 is 0. The lowest BCUT2D eigenvalue weighted by Gasteiger charge is -2.37. The zero-order valence-electron chi connectivity index (χ0n) is 16.8. The predicted octanol–water partition coefficient (Wildman–Crippen LogP) is 3.38. The monoisotopic (exact) mass is 436 g/mol. The number of aromatic hydroxyl groups is 2. The van der Waals surface area contributed by atoms with Gasteiger partial charge in [-0.05, 0) is 42.5 Å². The third-order valence-corrected chi connectivity index (χ3v) is 5.67. The van der Waals surface area contributed by atoms with E-state index in [1.807, 2.05) is 0 Å². The minimum absolute atomic E-state index is 0.0307. The van der Waals surface area contributed by atoms with Crippen LogP contribution in [-0.2, 0) is 10.3 Å². The predicted molar refractivity (Wildman–Crippen MR) is 108 cm³/mol. The minimum atomic E-state index is -1.64. The molecule has 2 aliphatic heterocycles. The summed E-state index contributed by atoms with van der Waals surface area (Å²) in [5.41, 5.74) is -0.624. The third-order valence-electron chi connectivity index (χ3n) is 5.67. The molecule has 2 aliphatic rings. The van der Waals surface area contributed by atoms with Crippen LogP contribution in [0.25, 0.3) is 0 Å². The molecule has 3 aromatic rings. The van der Waals surface area contributed by atoms with Crippen molar-refractivity contribution in [2.24, 2.45) is 0 Å². The van der Waals surface area contributed by atoms with Crippen LogP contribution in [0, 0.1) is 0 Å². The van der Waals surface area contributed by atoms with Crippen LogP contribution in [0.1, 0.15) is 37.4 Å². The van der Waals surface area contributed by atoms with Crippen molar-refractivity contribution in [1.82, 2.24) is 0 Å². The third kappa shape index (κ3) is 2.33. The molecule has 0 saturated heterocycles. The van der Waals surface area contributed by atoms with Gasteiger partial charge < -0.3 is 34.3 Å². The number of rotatable bonds is 3. The quantitative estimate of drug-likeness (QED) is 0.529. The van der Waals surface area contributed by atoms with E-state index in [2.05, 4.69) is 0 Å². The number of methoxy groups -OCH3 is 2. The van der Waals surface area contributed by atoms with Crippen molar-refractivity contribution in [3.05, 3.63) is 70.3 Å². The molecule has 0 fully saturated rings. The first-order valence-corrected chi connectivity index (χ1v) is 9.43. The van der Waals surface area contributed by atoms with E-state index in [1.54, 1.807) is 0 Å². The Kier molecular flexibility index (Phi) is 4.00. The first-order chi connectivity index (χ1) is 15.3. The zero-order valence-corrected chi connectivity index (χ0v) is 16.8. The number of benzene rings is 3. The maximum Gasteiger partial charge on any atom is 0.340 e. The van der Waals surface area contributed by atoms with Gasteiger partial charge in [-0.15, -0.1) is 0 Å². The van der Waals surface area contributed by atoms with Crippen molar-refractivity contribution in [1.29, 1.82) is 0 Å². The van der Waals surface area contributed by atoms with Crippen molar-refractivity contribution in [3.63, 3.8) is 0 Å². The number of aromatic carboxylic acids is 1. The van der Waals surface area contributed by atoms with Gasteiger partial charge in [0.1, 0.15) is 0 Å². The van der Waals surface area contributed by atoms with Crippen LogP contribution >= 0.6 is 0 Å². The van der Waals surface area contributed by atoms with Crippen LogP contribution in [0.5, 0.6) is 34.5 Å². The number of carbonyl (C=O) groups is 2. The number of phenols is 2. The fourth-order valence-electron chi connectivity index (χ4n) is 4.30. The van der Waals surface area contributed by atoms with E-state index in [4.69, 9.17) is 18.9 Å². The molecule has 9 heteroatoms. The number of hydrogen-bond acceptors (Lipinski definition) is 8. The Morgan fingerprint density at radius 2 is 1.44 bits per heavy atom. The van der Waals surface area contributed by atoms with Gasteiger partial charge in [-0.25, -0.2) is 9.59 Å². The molecule has 162 valence electrons. The second-order valence-electron chi connectivity index (χ2n) is 7.23. The van der Waals surface area contributed by atoms with E-state index in [-0.39, 0.29) is 51.2 Å². The molecule has 3 N–H and O–H groups in total. The molecule has 9 nitrogen and oxygen atoms in total. The highest BCUT2D eigenvalue weighted by atomic mass is 16.6. The molecule has 0 atom stereocenters. The summed E-state index contributed by atoms with van der Waals surface area (Å²) in [5.74, 6) is -2.30. The minimum Gasteiger partial charge on any atom is -0.504 e. The second kappa shape index (κ2) is 6.55. The Bertz CT molecular complexity index is 1270. The van der Waals surface area contributed by atoms with E-state index < -0.39 is 17.5 Å². The van der Waals surface area contributed by atoms with Crippen molar-refractivity contribution >= 4 is 11.9 Å². The number of phenolic OH excluding ortho intramolecular Hbond substituents is 2. The van der Waals surface area contributed by atoms with Gasteiger partial charge in [0.05, 0.1) is 36.5 Å². The van der Waals surface area contributed by atoms with Crippen LogP contribution in [0.4, 0.5) is 0 Å². The molecule has 0 radical (unpaired) electrons. The molecule has 0 saturated carbocycles. The average Bonchev–Trinajstić information content (AvgIpc) is 3.06. The Morgan fingerprint density at radius 3 is 1.94 bits per heavy atom. The van der Waals surface area contributed by atoms with E-state index in [9.17, 15) is 24.9 Å². The topological polar surface area (TPSA) is 132 Å². The molecule has 0 aliphatic carbocycles. The molecule has 3 aromatic carbocycles. The molecule has 0 unspecified atom stereocenters.